The molecule has 0 bridgehead atoms. The first-order chi connectivity index (χ1) is 10.0. The average Bonchev–Trinajstić information content (AvgIpc) is 2.90. The number of halogens is 1. The van der Waals surface area contributed by atoms with Gasteiger partial charge in [-0.25, -0.2) is 14.3 Å². The Morgan fingerprint density at radius 3 is 2.62 bits per heavy atom. The second kappa shape index (κ2) is 6.84. The molecular weight excluding hydrogens is 342 g/mol. The van der Waals surface area contributed by atoms with Crippen LogP contribution in [-0.4, -0.2) is 38.6 Å². The number of hydrogen-bond donors (Lipinski definition) is 3. The maximum atomic E-state index is 11.6. The lowest BCUT2D eigenvalue weighted by molar-refractivity contribution is 0.0690. The minimum Gasteiger partial charge on any atom is -0.476 e. The van der Waals surface area contributed by atoms with Crippen LogP contribution in [0.25, 0.3) is 0 Å². The molecule has 0 saturated carbocycles. The van der Waals surface area contributed by atoms with E-state index in [-0.39, 0.29) is 11.7 Å². The van der Waals surface area contributed by atoms with E-state index in [2.05, 4.69) is 36.9 Å². The molecule has 1 aromatic heterocycles. The molecule has 0 atom stereocenters. The molecule has 8 nitrogen and oxygen atoms in total. The molecule has 0 spiro atoms. The molecular formula is C12H12BrN5O3. The summed E-state index contributed by atoms with van der Waals surface area (Å²) in [5, 5.41) is 21.1. The van der Waals surface area contributed by atoms with Crippen molar-refractivity contribution in [3.8, 4) is 0 Å². The van der Waals surface area contributed by atoms with Crippen molar-refractivity contribution >= 4 is 33.6 Å². The van der Waals surface area contributed by atoms with Crippen molar-refractivity contribution < 1.29 is 14.7 Å². The number of aromatic nitrogens is 3. The number of nitrogens with one attached hydrogen (secondary N) is 2. The summed E-state index contributed by atoms with van der Waals surface area (Å²) < 4.78 is 2.28. The molecule has 21 heavy (non-hydrogen) atoms. The molecule has 1 aromatic carbocycles. The molecule has 1 heterocycles. The predicted molar refractivity (Wildman–Crippen MR) is 78.1 cm³/mol. The lowest BCUT2D eigenvalue weighted by Crippen LogP contribution is -2.31. The number of aromatic carboxylic acids is 1. The van der Waals surface area contributed by atoms with Crippen molar-refractivity contribution in [3.05, 3.63) is 40.6 Å². The summed E-state index contributed by atoms with van der Waals surface area (Å²) in [6.45, 7) is 0.624. The van der Waals surface area contributed by atoms with Crippen LogP contribution in [0.3, 0.4) is 0 Å². The second-order valence-electron chi connectivity index (χ2n) is 4.06. The molecule has 110 valence electrons. The SMILES string of the molecule is O=C(NCCn1cc(C(=O)O)nn1)Nc1ccc(Br)cc1. The van der Waals surface area contributed by atoms with Gasteiger partial charge in [0.1, 0.15) is 0 Å². The van der Waals surface area contributed by atoms with Gasteiger partial charge in [-0.15, -0.1) is 5.10 Å². The zero-order valence-electron chi connectivity index (χ0n) is 10.8. The summed E-state index contributed by atoms with van der Waals surface area (Å²) in [6.07, 6.45) is 1.30. The van der Waals surface area contributed by atoms with Gasteiger partial charge in [-0.2, -0.15) is 0 Å². The van der Waals surface area contributed by atoms with Gasteiger partial charge in [-0.1, -0.05) is 21.1 Å². The van der Waals surface area contributed by atoms with Crippen LogP contribution >= 0.6 is 15.9 Å². The summed E-state index contributed by atoms with van der Waals surface area (Å²) in [5.74, 6) is -1.14. The quantitative estimate of drug-likeness (QED) is 0.755. The van der Waals surface area contributed by atoms with Crippen molar-refractivity contribution in [3.63, 3.8) is 0 Å². The van der Waals surface area contributed by atoms with E-state index in [4.69, 9.17) is 5.11 Å². The fourth-order valence-electron chi connectivity index (χ4n) is 1.50. The summed E-state index contributed by atoms with van der Waals surface area (Å²) >= 11 is 3.31. The largest absolute Gasteiger partial charge is 0.476 e. The Morgan fingerprint density at radius 2 is 2.00 bits per heavy atom. The van der Waals surface area contributed by atoms with Gasteiger partial charge in [0.15, 0.2) is 5.69 Å². The first-order valence-electron chi connectivity index (χ1n) is 5.98. The molecule has 2 amide bonds. The standard InChI is InChI=1S/C12H12BrN5O3/c13-8-1-3-9(4-2-8)15-12(21)14-5-6-18-7-10(11(19)20)16-17-18/h1-4,7H,5-6H2,(H,19,20)(H2,14,15,21). The van der Waals surface area contributed by atoms with Gasteiger partial charge in [-0.05, 0) is 24.3 Å². The zero-order valence-corrected chi connectivity index (χ0v) is 12.4. The molecule has 0 aliphatic rings. The minimum absolute atomic E-state index is 0.130. The molecule has 0 saturated heterocycles. The highest BCUT2D eigenvalue weighted by Gasteiger charge is 2.08. The maximum absolute atomic E-state index is 11.6. The van der Waals surface area contributed by atoms with E-state index >= 15 is 0 Å². The van der Waals surface area contributed by atoms with Gasteiger partial charge in [-0.3, -0.25) is 0 Å². The molecule has 9 heteroatoms. The summed E-state index contributed by atoms with van der Waals surface area (Å²) in [6, 6.07) is 6.81. The number of carbonyl (C=O) groups excluding carboxylic acids is 1. The predicted octanol–water partition coefficient (Wildman–Crippen LogP) is 1.56. The van der Waals surface area contributed by atoms with Crippen molar-refractivity contribution in [1.82, 2.24) is 20.3 Å². The van der Waals surface area contributed by atoms with E-state index in [1.165, 1.54) is 10.9 Å². The smallest absolute Gasteiger partial charge is 0.358 e. The van der Waals surface area contributed by atoms with Gasteiger partial charge < -0.3 is 15.7 Å². The summed E-state index contributed by atoms with van der Waals surface area (Å²) in [5.41, 5.74) is 0.541. The Labute approximate surface area is 128 Å². The number of benzene rings is 1. The number of anilines is 1. The number of carboxylic acid groups (broad SMARTS) is 1. The Kier molecular flexibility index (Phi) is 4.88. The fraction of sp³-hybridized carbons (Fsp3) is 0.167. The number of amides is 2. The lowest BCUT2D eigenvalue weighted by Gasteiger charge is -2.07. The minimum atomic E-state index is -1.14. The molecule has 0 radical (unpaired) electrons. The Morgan fingerprint density at radius 1 is 1.29 bits per heavy atom. The number of urea groups is 1. The van der Waals surface area contributed by atoms with Crippen LogP contribution in [0.2, 0.25) is 0 Å². The fourth-order valence-corrected chi connectivity index (χ4v) is 1.76. The number of carboxylic acids is 1. The number of hydrogen-bond acceptors (Lipinski definition) is 4. The topological polar surface area (TPSA) is 109 Å². The van der Waals surface area contributed by atoms with Gasteiger partial charge in [0, 0.05) is 16.7 Å². The van der Waals surface area contributed by atoms with Gasteiger partial charge in [0.2, 0.25) is 0 Å². The third-order valence-corrected chi connectivity index (χ3v) is 3.01. The molecule has 0 fully saturated rings. The highest BCUT2D eigenvalue weighted by Crippen LogP contribution is 2.13. The molecule has 2 aromatic rings. The molecule has 0 aliphatic carbocycles. The Hall–Kier alpha value is -2.42. The normalized spacial score (nSPS) is 10.1. The second-order valence-corrected chi connectivity index (χ2v) is 4.98. The summed E-state index contributed by atoms with van der Waals surface area (Å²) in [7, 11) is 0. The third-order valence-electron chi connectivity index (χ3n) is 2.49. The first-order valence-corrected chi connectivity index (χ1v) is 6.78. The van der Waals surface area contributed by atoms with Gasteiger partial charge >= 0.3 is 12.0 Å². The Balaban J connectivity index is 1.76. The van der Waals surface area contributed by atoms with Crippen LogP contribution in [-0.2, 0) is 6.54 Å². The maximum Gasteiger partial charge on any atom is 0.358 e. The van der Waals surface area contributed by atoms with Crippen molar-refractivity contribution in [2.45, 2.75) is 6.54 Å². The van der Waals surface area contributed by atoms with E-state index in [0.717, 1.165) is 4.47 Å². The Bertz CT molecular complexity index is 641. The van der Waals surface area contributed by atoms with Gasteiger partial charge in [0.05, 0.1) is 12.7 Å². The lowest BCUT2D eigenvalue weighted by atomic mass is 10.3. The van der Waals surface area contributed by atoms with Crippen molar-refractivity contribution in [2.75, 3.05) is 11.9 Å². The van der Waals surface area contributed by atoms with E-state index in [0.29, 0.717) is 18.8 Å². The number of carbonyl (C=O) groups is 2. The van der Waals surface area contributed by atoms with E-state index in [1.807, 2.05) is 12.1 Å². The van der Waals surface area contributed by atoms with Crippen LogP contribution in [0.5, 0.6) is 0 Å². The van der Waals surface area contributed by atoms with E-state index in [9.17, 15) is 9.59 Å². The van der Waals surface area contributed by atoms with Crippen LogP contribution < -0.4 is 10.6 Å². The van der Waals surface area contributed by atoms with Crippen LogP contribution in [0, 0.1) is 0 Å². The van der Waals surface area contributed by atoms with E-state index in [1.54, 1.807) is 12.1 Å². The third kappa shape index (κ3) is 4.56. The molecule has 0 unspecified atom stereocenters. The van der Waals surface area contributed by atoms with Crippen molar-refractivity contribution in [1.29, 1.82) is 0 Å². The average molecular weight is 354 g/mol. The van der Waals surface area contributed by atoms with Crippen molar-refractivity contribution in [2.24, 2.45) is 0 Å². The zero-order chi connectivity index (χ0) is 15.2. The van der Waals surface area contributed by atoms with Crippen LogP contribution in [0.1, 0.15) is 10.5 Å². The first kappa shape index (κ1) is 15.0. The van der Waals surface area contributed by atoms with Crippen LogP contribution in [0.4, 0.5) is 10.5 Å². The molecule has 2 rings (SSSR count). The highest BCUT2D eigenvalue weighted by atomic mass is 79.9. The van der Waals surface area contributed by atoms with Gasteiger partial charge in [0.25, 0.3) is 0 Å². The number of rotatable bonds is 5. The summed E-state index contributed by atoms with van der Waals surface area (Å²) in [4.78, 5) is 22.3. The van der Waals surface area contributed by atoms with Crippen LogP contribution in [0.15, 0.2) is 34.9 Å². The van der Waals surface area contributed by atoms with E-state index < -0.39 is 5.97 Å². The molecule has 0 aliphatic heterocycles. The highest BCUT2D eigenvalue weighted by molar-refractivity contribution is 9.10. The molecule has 3 N–H and O–H groups in total. The number of nitrogens with zero attached hydrogens (tertiary/aromatic N) is 3. The monoisotopic (exact) mass is 353 g/mol.